The van der Waals surface area contributed by atoms with Gasteiger partial charge in [-0.3, -0.25) is 18.6 Å². The third-order valence-corrected chi connectivity index (χ3v) is 8.10. The Bertz CT molecular complexity index is 767. The second kappa shape index (κ2) is 28.0. The highest BCUT2D eigenvalue weighted by atomic mass is 31.2. The Kier molecular flexibility index (Phi) is 27.0. The largest absolute Gasteiger partial charge is 0.480 e. The third kappa shape index (κ3) is 27.7. The van der Waals surface area contributed by atoms with Crippen molar-refractivity contribution < 1.29 is 47.8 Å². The summed E-state index contributed by atoms with van der Waals surface area (Å²) in [6.45, 7) is 2.51. The number of carboxylic acids is 1. The number of carbonyl (C=O) groups is 3. The molecular weight excluding hydrogens is 577 g/mol. The smallest absolute Gasteiger partial charge is 0.472 e. The predicted octanol–water partition coefficient (Wildman–Crippen LogP) is 6.83. The summed E-state index contributed by atoms with van der Waals surface area (Å²) in [7, 11) is -4.73. The molecule has 0 aliphatic heterocycles. The molecule has 0 heterocycles. The van der Waals surface area contributed by atoms with Crippen LogP contribution in [0.15, 0.2) is 0 Å². The lowest BCUT2D eigenvalue weighted by molar-refractivity contribution is -0.147. The van der Waals surface area contributed by atoms with E-state index in [9.17, 15) is 34.1 Å². The van der Waals surface area contributed by atoms with Crippen LogP contribution in [-0.4, -0.2) is 64.9 Å². The Balaban J connectivity index is 4.04. The first kappa shape index (κ1) is 41.5. The number of ether oxygens (including phenoxy) is 1. The summed E-state index contributed by atoms with van der Waals surface area (Å²) in [5.74, 6) is -2.37. The topological polar surface area (TPSA) is 169 Å². The molecular formula is C31H60NO10P. The van der Waals surface area contributed by atoms with Gasteiger partial charge in [0, 0.05) is 12.8 Å². The highest BCUT2D eigenvalue weighted by molar-refractivity contribution is 7.47. The van der Waals surface area contributed by atoms with E-state index in [2.05, 4.69) is 19.2 Å². The molecule has 0 aromatic heterocycles. The second-order valence-electron chi connectivity index (χ2n) is 11.4. The first-order chi connectivity index (χ1) is 20.6. The van der Waals surface area contributed by atoms with Gasteiger partial charge >= 0.3 is 19.8 Å². The summed E-state index contributed by atoms with van der Waals surface area (Å²) in [4.78, 5) is 45.3. The van der Waals surface area contributed by atoms with Gasteiger partial charge in [0.15, 0.2) is 6.04 Å². The molecule has 0 saturated carbocycles. The lowest BCUT2D eigenvalue weighted by atomic mass is 10.1. The Morgan fingerprint density at radius 1 is 0.651 bits per heavy atom. The van der Waals surface area contributed by atoms with Crippen molar-refractivity contribution >= 4 is 25.7 Å². The number of phosphoric ester groups is 1. The van der Waals surface area contributed by atoms with E-state index in [-0.39, 0.29) is 12.8 Å². The number of carbonyl (C=O) groups excluding carboxylic acids is 2. The molecule has 254 valence electrons. The van der Waals surface area contributed by atoms with Crippen LogP contribution in [0, 0.1) is 0 Å². The molecule has 43 heavy (non-hydrogen) atoms. The van der Waals surface area contributed by atoms with Crippen LogP contribution in [0.3, 0.4) is 0 Å². The first-order valence-corrected chi connectivity index (χ1v) is 18.1. The fourth-order valence-corrected chi connectivity index (χ4v) is 5.26. The number of amides is 1. The number of nitrogens with one attached hydrogen (secondary N) is 1. The van der Waals surface area contributed by atoms with Crippen LogP contribution < -0.4 is 5.32 Å². The minimum atomic E-state index is -4.73. The third-order valence-electron chi connectivity index (χ3n) is 7.15. The average Bonchev–Trinajstić information content (AvgIpc) is 2.97. The quantitative estimate of drug-likeness (QED) is 0.0359. The lowest BCUT2D eigenvalue weighted by Gasteiger charge is -2.18. The summed E-state index contributed by atoms with van der Waals surface area (Å²) in [6.07, 6.45) is 20.1. The average molecular weight is 638 g/mol. The summed E-state index contributed by atoms with van der Waals surface area (Å²) < 4.78 is 26.5. The van der Waals surface area contributed by atoms with Crippen molar-refractivity contribution in [1.82, 2.24) is 5.32 Å². The van der Waals surface area contributed by atoms with Gasteiger partial charge in [0.2, 0.25) is 5.91 Å². The predicted molar refractivity (Wildman–Crippen MR) is 167 cm³/mol. The monoisotopic (exact) mass is 637 g/mol. The minimum Gasteiger partial charge on any atom is -0.480 e. The Morgan fingerprint density at radius 2 is 1.07 bits per heavy atom. The van der Waals surface area contributed by atoms with Gasteiger partial charge in [0.25, 0.3) is 0 Å². The van der Waals surface area contributed by atoms with Gasteiger partial charge in [-0.05, 0) is 12.8 Å². The maximum absolute atomic E-state index is 12.1. The maximum atomic E-state index is 12.1. The molecule has 0 radical (unpaired) electrons. The van der Waals surface area contributed by atoms with E-state index in [0.29, 0.717) is 12.8 Å². The van der Waals surface area contributed by atoms with E-state index in [1.54, 1.807) is 0 Å². The van der Waals surface area contributed by atoms with Crippen molar-refractivity contribution in [3.63, 3.8) is 0 Å². The molecule has 0 aromatic carbocycles. The van der Waals surface area contributed by atoms with Crippen molar-refractivity contribution in [2.24, 2.45) is 0 Å². The van der Waals surface area contributed by atoms with Gasteiger partial charge in [0.05, 0.1) is 13.2 Å². The van der Waals surface area contributed by atoms with Gasteiger partial charge in [-0.15, -0.1) is 0 Å². The number of hydrogen-bond donors (Lipinski definition) is 4. The molecule has 4 N–H and O–H groups in total. The number of unbranched alkanes of at least 4 members (excludes halogenated alkanes) is 17. The number of rotatable bonds is 31. The van der Waals surface area contributed by atoms with Gasteiger partial charge < -0.3 is 25.2 Å². The maximum Gasteiger partial charge on any atom is 0.472 e. The van der Waals surface area contributed by atoms with E-state index in [4.69, 9.17) is 13.8 Å². The van der Waals surface area contributed by atoms with Crippen molar-refractivity contribution in [3.8, 4) is 0 Å². The number of carboxylic acid groups (broad SMARTS) is 1. The number of aliphatic carboxylic acids is 1. The summed E-state index contributed by atoms with van der Waals surface area (Å²) in [5, 5.41) is 21.6. The van der Waals surface area contributed by atoms with Crippen LogP contribution in [0.25, 0.3) is 0 Å². The van der Waals surface area contributed by atoms with Gasteiger partial charge in [0.1, 0.15) is 12.7 Å². The zero-order valence-corrected chi connectivity index (χ0v) is 27.7. The molecule has 0 fully saturated rings. The number of aliphatic hydroxyl groups excluding tert-OH is 1. The van der Waals surface area contributed by atoms with Crippen LogP contribution in [0.1, 0.15) is 149 Å². The molecule has 0 bridgehead atoms. The number of hydrogen-bond acceptors (Lipinski definition) is 8. The highest BCUT2D eigenvalue weighted by Gasteiger charge is 2.28. The summed E-state index contributed by atoms with van der Waals surface area (Å²) in [5.41, 5.74) is 0. The van der Waals surface area contributed by atoms with Crippen LogP contribution in [0.4, 0.5) is 0 Å². The number of phosphoric acid groups is 1. The second-order valence-corrected chi connectivity index (χ2v) is 12.8. The Labute approximate surface area is 259 Å². The van der Waals surface area contributed by atoms with Crippen molar-refractivity contribution in [2.75, 3.05) is 19.8 Å². The molecule has 1 amide bonds. The molecule has 0 spiro atoms. The molecule has 12 heteroatoms. The SMILES string of the molecule is CCCCCCCCCCCCC(=O)NC(COP(=O)(O)OCC(O)COC(=O)CCCCCCCCCCC)C(=O)O. The number of esters is 1. The van der Waals surface area contributed by atoms with Gasteiger partial charge in [-0.1, -0.05) is 123 Å². The fraction of sp³-hybridized carbons (Fsp3) is 0.903. The van der Waals surface area contributed by atoms with E-state index >= 15 is 0 Å². The summed E-state index contributed by atoms with van der Waals surface area (Å²) in [6, 6.07) is -1.54. The van der Waals surface area contributed by atoms with Crippen LogP contribution >= 0.6 is 7.82 Å². The normalized spacial score (nSPS) is 14.1. The van der Waals surface area contributed by atoms with Crippen molar-refractivity contribution in [3.05, 3.63) is 0 Å². The zero-order valence-electron chi connectivity index (χ0n) is 26.8. The van der Waals surface area contributed by atoms with Crippen LogP contribution in [0.2, 0.25) is 0 Å². The molecule has 3 atom stereocenters. The van der Waals surface area contributed by atoms with Gasteiger partial charge in [-0.2, -0.15) is 0 Å². The first-order valence-electron chi connectivity index (χ1n) is 16.6. The van der Waals surface area contributed by atoms with Crippen LogP contribution in [-0.2, 0) is 32.7 Å². The Morgan fingerprint density at radius 3 is 1.53 bits per heavy atom. The van der Waals surface area contributed by atoms with E-state index in [1.807, 2.05) is 0 Å². The molecule has 0 aliphatic rings. The number of aliphatic hydroxyl groups is 1. The molecule has 11 nitrogen and oxygen atoms in total. The zero-order chi connectivity index (χ0) is 32.2. The molecule has 0 rings (SSSR count). The highest BCUT2D eigenvalue weighted by Crippen LogP contribution is 2.43. The van der Waals surface area contributed by atoms with E-state index in [1.165, 1.54) is 70.6 Å². The van der Waals surface area contributed by atoms with Crippen molar-refractivity contribution in [1.29, 1.82) is 0 Å². The van der Waals surface area contributed by atoms with Crippen LogP contribution in [0.5, 0.6) is 0 Å². The minimum absolute atomic E-state index is 0.150. The van der Waals surface area contributed by atoms with Gasteiger partial charge in [-0.25, -0.2) is 9.36 Å². The standard InChI is InChI=1S/C31H60NO10P/c1-3-5-7-9-11-13-15-16-18-20-22-29(34)32-28(31(36)37)26-42-43(38,39)41-25-27(33)24-40-30(35)23-21-19-17-14-12-10-8-6-4-2/h27-28,33H,3-26H2,1-2H3,(H,32,34)(H,36,37)(H,38,39). The molecule has 3 unspecified atom stereocenters. The Hall–Kier alpha value is -1.52. The lowest BCUT2D eigenvalue weighted by Crippen LogP contribution is -2.43. The van der Waals surface area contributed by atoms with E-state index < -0.39 is 57.6 Å². The van der Waals surface area contributed by atoms with E-state index in [0.717, 1.165) is 38.5 Å². The summed E-state index contributed by atoms with van der Waals surface area (Å²) >= 11 is 0. The fourth-order valence-electron chi connectivity index (χ4n) is 4.49. The van der Waals surface area contributed by atoms with Crippen molar-refractivity contribution in [2.45, 2.75) is 161 Å². The molecule has 0 aliphatic carbocycles. The molecule has 0 saturated heterocycles. The molecule has 0 aromatic rings.